The van der Waals surface area contributed by atoms with Gasteiger partial charge in [0, 0.05) is 6.61 Å². The summed E-state index contributed by atoms with van der Waals surface area (Å²) in [5.41, 5.74) is 0.444. The molecule has 0 heterocycles. The van der Waals surface area contributed by atoms with E-state index in [1.807, 2.05) is 0 Å². The molecule has 0 amide bonds. The highest BCUT2D eigenvalue weighted by Crippen LogP contribution is 2.29. The van der Waals surface area contributed by atoms with E-state index in [-0.39, 0.29) is 0 Å². The highest BCUT2D eigenvalue weighted by Gasteiger charge is 2.18. The lowest BCUT2D eigenvalue weighted by atomic mass is 9.79. The van der Waals surface area contributed by atoms with Gasteiger partial charge in [-0.3, -0.25) is 0 Å². The summed E-state index contributed by atoms with van der Waals surface area (Å²) in [5.74, 6) is 0.788. The Morgan fingerprint density at radius 1 is 1.08 bits per heavy atom. The summed E-state index contributed by atoms with van der Waals surface area (Å²) in [6.07, 6.45) is 4.70. The van der Waals surface area contributed by atoms with Crippen molar-refractivity contribution in [2.75, 3.05) is 6.61 Å². The molecule has 0 spiro atoms. The van der Waals surface area contributed by atoms with Crippen molar-refractivity contribution in [3.8, 4) is 0 Å². The van der Waals surface area contributed by atoms with Gasteiger partial charge in [-0.2, -0.15) is 0 Å². The van der Waals surface area contributed by atoms with Crippen molar-refractivity contribution >= 4 is 0 Å². The topological polar surface area (TPSA) is 20.2 Å². The number of hydrogen-bond acceptors (Lipinski definition) is 1. The molecule has 0 radical (unpaired) electrons. The number of rotatable bonds is 5. The summed E-state index contributed by atoms with van der Waals surface area (Å²) in [6, 6.07) is 0. The first-order valence-corrected chi connectivity index (χ1v) is 5.09. The molecule has 1 nitrogen and oxygen atoms in total. The van der Waals surface area contributed by atoms with E-state index in [4.69, 9.17) is 5.11 Å². The predicted molar refractivity (Wildman–Crippen MR) is 54.2 cm³/mol. The van der Waals surface area contributed by atoms with E-state index < -0.39 is 0 Å². The van der Waals surface area contributed by atoms with Crippen molar-refractivity contribution in [2.45, 2.75) is 53.4 Å². The fourth-order valence-corrected chi connectivity index (χ4v) is 1.17. The highest BCUT2D eigenvalue weighted by atomic mass is 16.2. The zero-order valence-corrected chi connectivity index (χ0v) is 9.06. The largest absolute Gasteiger partial charge is 0.396 e. The molecule has 0 saturated carbocycles. The molecule has 1 atom stereocenters. The lowest BCUT2D eigenvalue weighted by molar-refractivity contribution is 0.234. The standard InChI is InChI=1S/C11H24O/c1-10(11(2,3)4)8-6-5-7-9-12/h10,12H,5-9H2,1-4H3/t10-/m0/s1. The van der Waals surface area contributed by atoms with Crippen LogP contribution in [0.2, 0.25) is 0 Å². The molecule has 0 aromatic rings. The molecule has 1 N–H and O–H groups in total. The maximum Gasteiger partial charge on any atom is 0.0431 e. The van der Waals surface area contributed by atoms with Crippen molar-refractivity contribution in [3.05, 3.63) is 0 Å². The first-order chi connectivity index (χ1) is 5.48. The predicted octanol–water partition coefficient (Wildman–Crippen LogP) is 3.22. The molecule has 0 unspecified atom stereocenters. The Hall–Kier alpha value is -0.0400. The van der Waals surface area contributed by atoms with Gasteiger partial charge in [-0.1, -0.05) is 47.0 Å². The fourth-order valence-electron chi connectivity index (χ4n) is 1.17. The molecule has 0 saturated heterocycles. The molecule has 0 aromatic carbocycles. The average molecular weight is 172 g/mol. The van der Waals surface area contributed by atoms with Crippen LogP contribution >= 0.6 is 0 Å². The smallest absolute Gasteiger partial charge is 0.0431 e. The van der Waals surface area contributed by atoms with Crippen LogP contribution in [-0.2, 0) is 0 Å². The van der Waals surface area contributed by atoms with E-state index in [1.165, 1.54) is 19.3 Å². The summed E-state index contributed by atoms with van der Waals surface area (Å²) in [6.45, 7) is 9.56. The Labute approximate surface area is 77.2 Å². The van der Waals surface area contributed by atoms with E-state index in [0.29, 0.717) is 12.0 Å². The molecule has 74 valence electrons. The van der Waals surface area contributed by atoms with Crippen LogP contribution < -0.4 is 0 Å². The van der Waals surface area contributed by atoms with Crippen molar-refractivity contribution in [1.29, 1.82) is 0 Å². The van der Waals surface area contributed by atoms with Gasteiger partial charge < -0.3 is 5.11 Å². The Kier molecular flexibility index (Phi) is 5.56. The second kappa shape index (κ2) is 5.58. The van der Waals surface area contributed by atoms with Crippen LogP contribution in [0.5, 0.6) is 0 Å². The Morgan fingerprint density at radius 2 is 1.67 bits per heavy atom. The third-order valence-corrected chi connectivity index (χ3v) is 2.77. The van der Waals surface area contributed by atoms with E-state index in [1.54, 1.807) is 0 Å². The van der Waals surface area contributed by atoms with E-state index in [0.717, 1.165) is 12.3 Å². The van der Waals surface area contributed by atoms with Crippen molar-refractivity contribution in [2.24, 2.45) is 11.3 Å². The Morgan fingerprint density at radius 3 is 2.08 bits per heavy atom. The van der Waals surface area contributed by atoms with Gasteiger partial charge in [0.1, 0.15) is 0 Å². The second-order valence-corrected chi connectivity index (χ2v) is 4.84. The second-order valence-electron chi connectivity index (χ2n) is 4.84. The van der Waals surface area contributed by atoms with Crippen LogP contribution in [0.25, 0.3) is 0 Å². The van der Waals surface area contributed by atoms with Crippen molar-refractivity contribution < 1.29 is 5.11 Å². The SMILES string of the molecule is C[C@@H](CCCCCO)C(C)(C)C. The minimum atomic E-state index is 0.351. The van der Waals surface area contributed by atoms with Gasteiger partial charge in [0.2, 0.25) is 0 Å². The number of hydrogen-bond donors (Lipinski definition) is 1. The maximum absolute atomic E-state index is 8.59. The van der Waals surface area contributed by atoms with Crippen molar-refractivity contribution in [1.82, 2.24) is 0 Å². The van der Waals surface area contributed by atoms with Crippen LogP contribution in [0.3, 0.4) is 0 Å². The first-order valence-electron chi connectivity index (χ1n) is 5.09. The van der Waals surface area contributed by atoms with Crippen LogP contribution in [0.15, 0.2) is 0 Å². The summed E-state index contributed by atoms with van der Waals surface area (Å²) in [7, 11) is 0. The molecule has 0 aliphatic carbocycles. The minimum absolute atomic E-state index is 0.351. The maximum atomic E-state index is 8.59. The molecule has 0 bridgehead atoms. The Balaban J connectivity index is 3.38. The molecule has 0 aliphatic rings. The van der Waals surface area contributed by atoms with Crippen LogP contribution in [0.1, 0.15) is 53.4 Å². The number of aliphatic hydroxyl groups is 1. The summed E-state index contributed by atoms with van der Waals surface area (Å²) in [4.78, 5) is 0. The molecule has 0 fully saturated rings. The van der Waals surface area contributed by atoms with Gasteiger partial charge in [0.25, 0.3) is 0 Å². The molecule has 12 heavy (non-hydrogen) atoms. The average Bonchev–Trinajstić information content (AvgIpc) is 1.96. The zero-order chi connectivity index (χ0) is 9.61. The van der Waals surface area contributed by atoms with Gasteiger partial charge in [-0.15, -0.1) is 0 Å². The van der Waals surface area contributed by atoms with Gasteiger partial charge in [-0.05, 0) is 17.8 Å². The third-order valence-electron chi connectivity index (χ3n) is 2.77. The van der Waals surface area contributed by atoms with Gasteiger partial charge in [0.15, 0.2) is 0 Å². The van der Waals surface area contributed by atoms with Gasteiger partial charge in [-0.25, -0.2) is 0 Å². The molecule has 0 aliphatic heterocycles. The van der Waals surface area contributed by atoms with Crippen LogP contribution in [0, 0.1) is 11.3 Å². The molecular weight excluding hydrogens is 148 g/mol. The monoisotopic (exact) mass is 172 g/mol. The molecule has 0 aromatic heterocycles. The summed E-state index contributed by atoms with van der Waals surface area (Å²) >= 11 is 0. The summed E-state index contributed by atoms with van der Waals surface area (Å²) in [5, 5.41) is 8.59. The number of aliphatic hydroxyl groups excluding tert-OH is 1. The van der Waals surface area contributed by atoms with E-state index in [2.05, 4.69) is 27.7 Å². The van der Waals surface area contributed by atoms with Crippen LogP contribution in [-0.4, -0.2) is 11.7 Å². The fraction of sp³-hybridized carbons (Fsp3) is 1.00. The minimum Gasteiger partial charge on any atom is -0.396 e. The van der Waals surface area contributed by atoms with Gasteiger partial charge in [0.05, 0.1) is 0 Å². The zero-order valence-electron chi connectivity index (χ0n) is 9.06. The quantitative estimate of drug-likeness (QED) is 0.631. The first kappa shape index (κ1) is 12.0. The van der Waals surface area contributed by atoms with Crippen molar-refractivity contribution in [3.63, 3.8) is 0 Å². The van der Waals surface area contributed by atoms with Gasteiger partial charge >= 0.3 is 0 Å². The lowest BCUT2D eigenvalue weighted by Crippen LogP contribution is -2.16. The Bertz CT molecular complexity index is 102. The molecular formula is C11H24O. The van der Waals surface area contributed by atoms with Crippen LogP contribution in [0.4, 0.5) is 0 Å². The van der Waals surface area contributed by atoms with E-state index in [9.17, 15) is 0 Å². The molecule has 0 rings (SSSR count). The normalized spacial score (nSPS) is 14.8. The third kappa shape index (κ3) is 5.59. The highest BCUT2D eigenvalue weighted by molar-refractivity contribution is 4.69. The molecule has 1 heteroatoms. The number of unbranched alkanes of at least 4 members (excludes halogenated alkanes) is 2. The summed E-state index contributed by atoms with van der Waals surface area (Å²) < 4.78 is 0. The van der Waals surface area contributed by atoms with E-state index >= 15 is 0 Å². The lowest BCUT2D eigenvalue weighted by Gasteiger charge is -2.27.